The molecular weight excluding hydrogens is 194 g/mol. The number of ether oxygens (including phenoxy) is 2. The molecule has 0 aromatic carbocycles. The molecular formula is C10H15N3O2. The second-order valence-electron chi connectivity index (χ2n) is 3.61. The molecule has 0 radical (unpaired) electrons. The second-order valence-corrected chi connectivity index (χ2v) is 3.61. The summed E-state index contributed by atoms with van der Waals surface area (Å²) in [6, 6.07) is 1.66. The molecule has 1 aromatic heterocycles. The number of aryl methyl sites for hydroxylation is 1. The predicted octanol–water partition coefficient (Wildman–Crippen LogP) is 0.925. The van der Waals surface area contributed by atoms with Crippen molar-refractivity contribution in [3.8, 4) is 5.88 Å². The zero-order chi connectivity index (χ0) is 10.7. The number of aromatic nitrogens is 2. The molecule has 0 aliphatic carbocycles. The van der Waals surface area contributed by atoms with Crippen LogP contribution in [0.3, 0.4) is 0 Å². The monoisotopic (exact) mass is 209 g/mol. The van der Waals surface area contributed by atoms with E-state index in [1.807, 2.05) is 0 Å². The van der Waals surface area contributed by atoms with Crippen molar-refractivity contribution in [2.45, 2.75) is 25.9 Å². The maximum Gasteiger partial charge on any atom is 0.218 e. The Kier molecular flexibility index (Phi) is 3.01. The van der Waals surface area contributed by atoms with Crippen LogP contribution >= 0.6 is 0 Å². The second kappa shape index (κ2) is 4.44. The summed E-state index contributed by atoms with van der Waals surface area (Å²) in [4.78, 5) is 8.16. The van der Waals surface area contributed by atoms with Crippen molar-refractivity contribution < 1.29 is 9.47 Å². The molecule has 2 heterocycles. The molecule has 1 aliphatic heterocycles. The van der Waals surface area contributed by atoms with Gasteiger partial charge in [-0.1, -0.05) is 0 Å². The van der Waals surface area contributed by atoms with Crippen LogP contribution in [0.25, 0.3) is 0 Å². The fourth-order valence-corrected chi connectivity index (χ4v) is 1.59. The number of hydrogen-bond acceptors (Lipinski definition) is 5. The van der Waals surface area contributed by atoms with Crippen molar-refractivity contribution in [3.05, 3.63) is 11.9 Å². The van der Waals surface area contributed by atoms with Crippen molar-refractivity contribution in [2.24, 2.45) is 0 Å². The molecule has 15 heavy (non-hydrogen) atoms. The van der Waals surface area contributed by atoms with Gasteiger partial charge in [0.1, 0.15) is 17.7 Å². The van der Waals surface area contributed by atoms with Crippen LogP contribution in [-0.2, 0) is 4.74 Å². The quantitative estimate of drug-likeness (QED) is 0.784. The van der Waals surface area contributed by atoms with Crippen LogP contribution in [0, 0.1) is 6.92 Å². The SMILES string of the molecule is Cc1nc(N)cc(OC2CCOCC2)n1. The van der Waals surface area contributed by atoms with E-state index in [9.17, 15) is 0 Å². The van der Waals surface area contributed by atoms with Crippen LogP contribution in [0.5, 0.6) is 5.88 Å². The Morgan fingerprint density at radius 2 is 2.13 bits per heavy atom. The van der Waals surface area contributed by atoms with Gasteiger partial charge in [0.15, 0.2) is 0 Å². The van der Waals surface area contributed by atoms with E-state index in [-0.39, 0.29) is 6.10 Å². The minimum absolute atomic E-state index is 0.187. The molecule has 5 heteroatoms. The van der Waals surface area contributed by atoms with E-state index in [2.05, 4.69) is 9.97 Å². The van der Waals surface area contributed by atoms with Crippen LogP contribution < -0.4 is 10.5 Å². The summed E-state index contributed by atoms with van der Waals surface area (Å²) >= 11 is 0. The van der Waals surface area contributed by atoms with Crippen molar-refractivity contribution in [2.75, 3.05) is 18.9 Å². The minimum Gasteiger partial charge on any atom is -0.474 e. The molecule has 0 atom stereocenters. The first kappa shape index (κ1) is 10.2. The molecule has 0 bridgehead atoms. The van der Waals surface area contributed by atoms with E-state index in [1.165, 1.54) is 0 Å². The van der Waals surface area contributed by atoms with Crippen LogP contribution in [0.2, 0.25) is 0 Å². The maximum atomic E-state index is 5.71. The van der Waals surface area contributed by atoms with E-state index in [1.54, 1.807) is 13.0 Å². The fraction of sp³-hybridized carbons (Fsp3) is 0.600. The number of hydrogen-bond donors (Lipinski definition) is 1. The third-order valence-corrected chi connectivity index (χ3v) is 2.29. The van der Waals surface area contributed by atoms with Gasteiger partial charge in [-0.25, -0.2) is 4.98 Å². The lowest BCUT2D eigenvalue weighted by Gasteiger charge is -2.22. The summed E-state index contributed by atoms with van der Waals surface area (Å²) in [6.45, 7) is 3.31. The highest BCUT2D eigenvalue weighted by atomic mass is 16.5. The molecule has 2 N–H and O–H groups in total. The average Bonchev–Trinajstić information content (AvgIpc) is 2.17. The highest BCUT2D eigenvalue weighted by molar-refractivity contribution is 5.32. The van der Waals surface area contributed by atoms with E-state index in [4.69, 9.17) is 15.2 Å². The molecule has 1 fully saturated rings. The minimum atomic E-state index is 0.187. The lowest BCUT2D eigenvalue weighted by Crippen LogP contribution is -2.26. The van der Waals surface area contributed by atoms with Gasteiger partial charge in [-0.15, -0.1) is 0 Å². The smallest absolute Gasteiger partial charge is 0.218 e. The van der Waals surface area contributed by atoms with Crippen LogP contribution in [0.4, 0.5) is 5.82 Å². The lowest BCUT2D eigenvalue weighted by atomic mass is 10.2. The highest BCUT2D eigenvalue weighted by Gasteiger charge is 2.16. The van der Waals surface area contributed by atoms with Gasteiger partial charge in [0.05, 0.1) is 13.2 Å². The fourth-order valence-electron chi connectivity index (χ4n) is 1.59. The van der Waals surface area contributed by atoms with Crippen LogP contribution in [0.1, 0.15) is 18.7 Å². The molecule has 0 saturated carbocycles. The molecule has 1 aliphatic rings. The summed E-state index contributed by atoms with van der Waals surface area (Å²) in [7, 11) is 0. The van der Waals surface area contributed by atoms with Crippen molar-refractivity contribution in [1.29, 1.82) is 0 Å². The van der Waals surface area contributed by atoms with E-state index in [0.717, 1.165) is 26.1 Å². The highest BCUT2D eigenvalue weighted by Crippen LogP contribution is 2.17. The van der Waals surface area contributed by atoms with Crippen molar-refractivity contribution in [3.63, 3.8) is 0 Å². The molecule has 0 spiro atoms. The number of nitrogens with zero attached hydrogens (tertiary/aromatic N) is 2. The average molecular weight is 209 g/mol. The molecule has 5 nitrogen and oxygen atoms in total. The van der Waals surface area contributed by atoms with Gasteiger partial charge >= 0.3 is 0 Å². The molecule has 1 saturated heterocycles. The van der Waals surface area contributed by atoms with E-state index >= 15 is 0 Å². The van der Waals surface area contributed by atoms with Gasteiger partial charge in [-0.2, -0.15) is 4.98 Å². The van der Waals surface area contributed by atoms with Gasteiger partial charge in [0.2, 0.25) is 5.88 Å². The largest absolute Gasteiger partial charge is 0.474 e. The molecule has 0 amide bonds. The Morgan fingerprint density at radius 1 is 1.40 bits per heavy atom. The summed E-state index contributed by atoms with van der Waals surface area (Å²) < 4.78 is 11.0. The summed E-state index contributed by atoms with van der Waals surface area (Å²) in [5, 5.41) is 0. The molecule has 0 unspecified atom stereocenters. The van der Waals surface area contributed by atoms with E-state index in [0.29, 0.717) is 17.5 Å². The molecule has 82 valence electrons. The first-order chi connectivity index (χ1) is 7.24. The van der Waals surface area contributed by atoms with Crippen LogP contribution in [0.15, 0.2) is 6.07 Å². The first-order valence-corrected chi connectivity index (χ1v) is 5.09. The normalized spacial score (nSPS) is 17.7. The summed E-state index contributed by atoms with van der Waals surface area (Å²) in [6.07, 6.45) is 2.00. The van der Waals surface area contributed by atoms with Gasteiger partial charge in [-0.3, -0.25) is 0 Å². The van der Waals surface area contributed by atoms with Gasteiger partial charge < -0.3 is 15.2 Å². The zero-order valence-electron chi connectivity index (χ0n) is 8.77. The Bertz CT molecular complexity index is 317. The number of anilines is 1. The van der Waals surface area contributed by atoms with E-state index < -0.39 is 0 Å². The number of nitrogen functional groups attached to an aromatic ring is 1. The molecule has 1 aromatic rings. The third-order valence-electron chi connectivity index (χ3n) is 2.29. The standard InChI is InChI=1S/C10H15N3O2/c1-7-12-9(11)6-10(13-7)15-8-2-4-14-5-3-8/h6,8H,2-5H2,1H3,(H2,11,12,13). The maximum absolute atomic E-state index is 5.71. The molecule has 2 rings (SSSR count). The Hall–Kier alpha value is -1.36. The van der Waals surface area contributed by atoms with Gasteiger partial charge in [-0.05, 0) is 6.92 Å². The van der Waals surface area contributed by atoms with Crippen molar-refractivity contribution >= 4 is 5.82 Å². The predicted molar refractivity (Wildman–Crippen MR) is 55.7 cm³/mol. The Labute approximate surface area is 88.6 Å². The first-order valence-electron chi connectivity index (χ1n) is 5.09. The van der Waals surface area contributed by atoms with Crippen LogP contribution in [-0.4, -0.2) is 29.3 Å². The van der Waals surface area contributed by atoms with Gasteiger partial charge in [0, 0.05) is 18.9 Å². The summed E-state index contributed by atoms with van der Waals surface area (Å²) in [5.74, 6) is 1.65. The summed E-state index contributed by atoms with van der Waals surface area (Å²) in [5.41, 5.74) is 5.61. The third kappa shape index (κ3) is 2.79. The zero-order valence-corrected chi connectivity index (χ0v) is 8.77. The Morgan fingerprint density at radius 3 is 2.80 bits per heavy atom. The van der Waals surface area contributed by atoms with Crippen molar-refractivity contribution in [1.82, 2.24) is 9.97 Å². The van der Waals surface area contributed by atoms with Gasteiger partial charge in [0.25, 0.3) is 0 Å². The Balaban J connectivity index is 2.02. The lowest BCUT2D eigenvalue weighted by molar-refractivity contribution is 0.0236. The topological polar surface area (TPSA) is 70.3 Å². The number of rotatable bonds is 2. The number of nitrogens with two attached hydrogens (primary N) is 1.